The average molecular weight is 268 g/mol. The first-order valence-corrected chi connectivity index (χ1v) is 5.88. The molecule has 5 heteroatoms. The Labute approximate surface area is 113 Å². The van der Waals surface area contributed by atoms with Crippen LogP contribution in [-0.4, -0.2) is 33.9 Å². The molecular weight excluding hydrogens is 248 g/mol. The van der Waals surface area contributed by atoms with E-state index in [1.807, 2.05) is 0 Å². The maximum atomic E-state index is 11.6. The molecule has 1 aromatic rings. The van der Waals surface area contributed by atoms with E-state index in [9.17, 15) is 4.79 Å². The van der Waals surface area contributed by atoms with Crippen molar-refractivity contribution in [3.63, 3.8) is 0 Å². The van der Waals surface area contributed by atoms with Gasteiger partial charge >= 0.3 is 5.97 Å². The van der Waals surface area contributed by atoms with Gasteiger partial charge in [0, 0.05) is 0 Å². The predicted octanol–water partition coefficient (Wildman–Crippen LogP) is 2.28. The van der Waals surface area contributed by atoms with Crippen molar-refractivity contribution in [2.45, 2.75) is 13.8 Å². The van der Waals surface area contributed by atoms with Crippen LogP contribution in [0.15, 0.2) is 18.2 Å². The average Bonchev–Trinajstić information content (AvgIpc) is 2.43. The van der Waals surface area contributed by atoms with Gasteiger partial charge in [-0.15, -0.1) is 0 Å². The Balaban J connectivity index is 2.91. The number of esters is 1. The molecule has 0 radical (unpaired) electrons. The van der Waals surface area contributed by atoms with Gasteiger partial charge in [0.2, 0.25) is 5.75 Å². The SMILES string of the molecule is COC(=O)C(C)(C)COc1c(OC)cccc1OC. The van der Waals surface area contributed by atoms with E-state index in [1.54, 1.807) is 46.3 Å². The minimum absolute atomic E-state index is 0.163. The molecule has 0 spiro atoms. The largest absolute Gasteiger partial charge is 0.493 e. The van der Waals surface area contributed by atoms with E-state index in [0.29, 0.717) is 17.2 Å². The maximum Gasteiger partial charge on any atom is 0.314 e. The Bertz CT molecular complexity index is 417. The zero-order valence-electron chi connectivity index (χ0n) is 12.0. The monoisotopic (exact) mass is 268 g/mol. The van der Waals surface area contributed by atoms with Crippen LogP contribution >= 0.6 is 0 Å². The summed E-state index contributed by atoms with van der Waals surface area (Å²) in [7, 11) is 4.45. The highest BCUT2D eigenvalue weighted by Crippen LogP contribution is 2.37. The Morgan fingerprint density at radius 3 is 2.05 bits per heavy atom. The highest BCUT2D eigenvalue weighted by Gasteiger charge is 2.30. The van der Waals surface area contributed by atoms with Gasteiger partial charge in [-0.2, -0.15) is 0 Å². The molecule has 0 heterocycles. The molecule has 19 heavy (non-hydrogen) atoms. The topological polar surface area (TPSA) is 54.0 Å². The smallest absolute Gasteiger partial charge is 0.314 e. The second-order valence-corrected chi connectivity index (χ2v) is 4.66. The number of benzene rings is 1. The van der Waals surface area contributed by atoms with Crippen molar-refractivity contribution in [2.75, 3.05) is 27.9 Å². The summed E-state index contributed by atoms with van der Waals surface area (Å²) in [6, 6.07) is 5.34. The van der Waals surface area contributed by atoms with E-state index in [-0.39, 0.29) is 12.6 Å². The fourth-order valence-corrected chi connectivity index (χ4v) is 1.55. The van der Waals surface area contributed by atoms with E-state index in [4.69, 9.17) is 18.9 Å². The quantitative estimate of drug-likeness (QED) is 0.741. The summed E-state index contributed by atoms with van der Waals surface area (Å²) < 4.78 is 20.9. The molecule has 0 amide bonds. The van der Waals surface area contributed by atoms with E-state index in [2.05, 4.69) is 0 Å². The second kappa shape index (κ2) is 6.31. The lowest BCUT2D eigenvalue weighted by molar-refractivity contribution is -0.152. The van der Waals surface area contributed by atoms with Crippen LogP contribution in [0.2, 0.25) is 0 Å². The first-order valence-electron chi connectivity index (χ1n) is 5.88. The number of para-hydroxylation sites is 1. The van der Waals surface area contributed by atoms with Crippen LogP contribution in [-0.2, 0) is 9.53 Å². The number of methoxy groups -OCH3 is 3. The normalized spacial score (nSPS) is 10.8. The Hall–Kier alpha value is -1.91. The van der Waals surface area contributed by atoms with Crippen molar-refractivity contribution in [3.8, 4) is 17.2 Å². The van der Waals surface area contributed by atoms with Gasteiger partial charge in [-0.05, 0) is 26.0 Å². The highest BCUT2D eigenvalue weighted by molar-refractivity contribution is 5.76. The maximum absolute atomic E-state index is 11.6. The zero-order valence-corrected chi connectivity index (χ0v) is 12.0. The first kappa shape index (κ1) is 15.1. The van der Waals surface area contributed by atoms with Gasteiger partial charge in [0.05, 0.1) is 26.7 Å². The third-order valence-electron chi connectivity index (χ3n) is 2.70. The molecule has 5 nitrogen and oxygen atoms in total. The van der Waals surface area contributed by atoms with Crippen LogP contribution in [0.5, 0.6) is 17.2 Å². The fraction of sp³-hybridized carbons (Fsp3) is 0.500. The summed E-state index contributed by atoms with van der Waals surface area (Å²) >= 11 is 0. The molecular formula is C14H20O5. The van der Waals surface area contributed by atoms with Crippen molar-refractivity contribution in [3.05, 3.63) is 18.2 Å². The van der Waals surface area contributed by atoms with Gasteiger partial charge in [-0.1, -0.05) is 6.07 Å². The Kier molecular flexibility index (Phi) is 5.03. The van der Waals surface area contributed by atoms with Crippen molar-refractivity contribution < 1.29 is 23.7 Å². The summed E-state index contributed by atoms with van der Waals surface area (Å²) in [4.78, 5) is 11.6. The number of hydrogen-bond acceptors (Lipinski definition) is 5. The summed E-state index contributed by atoms with van der Waals surface area (Å²) in [5, 5.41) is 0. The van der Waals surface area contributed by atoms with Crippen LogP contribution < -0.4 is 14.2 Å². The van der Waals surface area contributed by atoms with Crippen LogP contribution in [0.25, 0.3) is 0 Å². The molecule has 0 aromatic heterocycles. The van der Waals surface area contributed by atoms with Gasteiger partial charge in [-0.3, -0.25) is 4.79 Å². The molecule has 0 atom stereocenters. The number of rotatable bonds is 6. The summed E-state index contributed by atoms with van der Waals surface area (Å²) in [6.45, 7) is 3.66. The second-order valence-electron chi connectivity index (χ2n) is 4.66. The van der Waals surface area contributed by atoms with Gasteiger partial charge in [0.1, 0.15) is 6.61 Å². The summed E-state index contributed by atoms with van der Waals surface area (Å²) in [5.41, 5.74) is -0.749. The highest BCUT2D eigenvalue weighted by atomic mass is 16.5. The van der Waals surface area contributed by atoms with Crippen LogP contribution in [0.1, 0.15) is 13.8 Å². The Morgan fingerprint density at radius 1 is 1.11 bits per heavy atom. The standard InChI is InChI=1S/C14H20O5/c1-14(2,13(15)18-5)9-19-12-10(16-3)7-6-8-11(12)17-4/h6-8H,9H2,1-5H3. The third-order valence-corrected chi connectivity index (χ3v) is 2.70. The van der Waals surface area contributed by atoms with Crippen LogP contribution in [0.4, 0.5) is 0 Å². The number of ether oxygens (including phenoxy) is 4. The summed E-state index contributed by atoms with van der Waals surface area (Å²) in [5.74, 6) is 1.26. The van der Waals surface area contributed by atoms with Gasteiger partial charge < -0.3 is 18.9 Å². The zero-order chi connectivity index (χ0) is 14.5. The predicted molar refractivity (Wildman–Crippen MR) is 70.8 cm³/mol. The lowest BCUT2D eigenvalue weighted by atomic mass is 9.95. The molecule has 0 N–H and O–H groups in total. The first-order chi connectivity index (χ1) is 8.96. The van der Waals surface area contributed by atoms with Crippen molar-refractivity contribution >= 4 is 5.97 Å². The van der Waals surface area contributed by atoms with Crippen molar-refractivity contribution in [1.82, 2.24) is 0 Å². The van der Waals surface area contributed by atoms with E-state index < -0.39 is 5.41 Å². The molecule has 0 aliphatic heterocycles. The molecule has 0 aliphatic rings. The molecule has 0 aliphatic carbocycles. The fourth-order valence-electron chi connectivity index (χ4n) is 1.55. The van der Waals surface area contributed by atoms with Crippen molar-refractivity contribution in [1.29, 1.82) is 0 Å². The number of carbonyl (C=O) groups is 1. The van der Waals surface area contributed by atoms with Gasteiger partial charge in [0.15, 0.2) is 11.5 Å². The van der Waals surface area contributed by atoms with Gasteiger partial charge in [-0.25, -0.2) is 0 Å². The number of hydrogen-bond donors (Lipinski definition) is 0. The van der Waals surface area contributed by atoms with Crippen LogP contribution in [0, 0.1) is 5.41 Å². The molecule has 0 fully saturated rings. The Morgan fingerprint density at radius 2 is 1.63 bits per heavy atom. The number of carbonyl (C=O) groups excluding carboxylic acids is 1. The molecule has 0 bridgehead atoms. The molecule has 106 valence electrons. The molecule has 1 rings (SSSR count). The third kappa shape index (κ3) is 3.53. The lowest BCUT2D eigenvalue weighted by Crippen LogP contribution is -2.32. The molecule has 1 aromatic carbocycles. The molecule has 0 saturated heterocycles. The van der Waals surface area contributed by atoms with Crippen molar-refractivity contribution in [2.24, 2.45) is 5.41 Å². The molecule has 0 unspecified atom stereocenters. The van der Waals surface area contributed by atoms with E-state index in [1.165, 1.54) is 7.11 Å². The van der Waals surface area contributed by atoms with E-state index >= 15 is 0 Å². The minimum atomic E-state index is -0.749. The lowest BCUT2D eigenvalue weighted by Gasteiger charge is -2.23. The van der Waals surface area contributed by atoms with Gasteiger partial charge in [0.25, 0.3) is 0 Å². The molecule has 0 saturated carbocycles. The summed E-state index contributed by atoms with van der Waals surface area (Å²) in [6.07, 6.45) is 0. The van der Waals surface area contributed by atoms with E-state index in [0.717, 1.165) is 0 Å². The minimum Gasteiger partial charge on any atom is -0.493 e. The van der Waals surface area contributed by atoms with Crippen LogP contribution in [0.3, 0.4) is 0 Å².